The highest BCUT2D eigenvalue weighted by Gasteiger charge is 2.23. The first-order valence-corrected chi connectivity index (χ1v) is 12.5. The number of hydrogen-bond acceptors (Lipinski definition) is 6. The van der Waals surface area contributed by atoms with Gasteiger partial charge in [0.15, 0.2) is 5.65 Å². The molecule has 10 heteroatoms. The van der Waals surface area contributed by atoms with Crippen molar-refractivity contribution < 1.29 is 14.3 Å². The summed E-state index contributed by atoms with van der Waals surface area (Å²) in [5.74, 6) is 0. The molecule has 2 saturated heterocycles. The number of carbonyl (C=O) groups is 1. The molecular weight excluding hydrogens is 468 g/mol. The number of H-pyrrole nitrogens is 1. The van der Waals surface area contributed by atoms with Gasteiger partial charge in [-0.1, -0.05) is 23.7 Å². The Hall–Kier alpha value is -3.04. The van der Waals surface area contributed by atoms with Crippen LogP contribution in [0.2, 0.25) is 5.02 Å². The first-order chi connectivity index (χ1) is 17.0. The fourth-order valence-electron chi connectivity index (χ4n) is 4.62. The van der Waals surface area contributed by atoms with E-state index in [-0.39, 0.29) is 12.1 Å². The summed E-state index contributed by atoms with van der Waals surface area (Å²) in [6.07, 6.45) is 2.49. The lowest BCUT2D eigenvalue weighted by atomic mass is 10.1. The van der Waals surface area contributed by atoms with Gasteiger partial charge in [-0.25, -0.2) is 9.78 Å². The Morgan fingerprint density at radius 3 is 2.63 bits per heavy atom. The zero-order valence-electron chi connectivity index (χ0n) is 20.2. The molecule has 4 heterocycles. The summed E-state index contributed by atoms with van der Waals surface area (Å²) in [7, 11) is 3.56. The number of morpholine rings is 1. The summed E-state index contributed by atoms with van der Waals surface area (Å²) in [5.41, 5.74) is 4.09. The van der Waals surface area contributed by atoms with Gasteiger partial charge < -0.3 is 29.2 Å². The van der Waals surface area contributed by atoms with Crippen molar-refractivity contribution in [3.05, 3.63) is 35.4 Å². The Bertz CT molecular complexity index is 1180. The highest BCUT2D eigenvalue weighted by Crippen LogP contribution is 2.31. The average molecular weight is 499 g/mol. The lowest BCUT2D eigenvalue weighted by Gasteiger charge is -2.28. The number of benzene rings is 1. The Labute approximate surface area is 210 Å². The normalized spacial score (nSPS) is 19.0. The number of ether oxygens (including phenoxy) is 2. The predicted octanol–water partition coefficient (Wildman–Crippen LogP) is 4.03. The Morgan fingerprint density at radius 1 is 1.11 bits per heavy atom. The largest absolute Gasteiger partial charge is 0.461 e. The molecule has 35 heavy (non-hydrogen) atoms. The molecule has 1 unspecified atom stereocenters. The molecule has 2 aliphatic rings. The highest BCUT2D eigenvalue weighted by molar-refractivity contribution is 6.33. The van der Waals surface area contributed by atoms with E-state index in [0.717, 1.165) is 63.2 Å². The minimum Gasteiger partial charge on any atom is -0.461 e. The van der Waals surface area contributed by atoms with E-state index in [1.165, 1.54) is 5.69 Å². The van der Waals surface area contributed by atoms with E-state index < -0.39 is 0 Å². The van der Waals surface area contributed by atoms with Gasteiger partial charge in [0.25, 0.3) is 6.01 Å². The van der Waals surface area contributed by atoms with Crippen LogP contribution in [-0.4, -0.2) is 90.4 Å². The second kappa shape index (κ2) is 10.3. The number of carbonyl (C=O) groups excluding carboxylic acids is 1. The number of aromatic amines is 1. The second-order valence-electron chi connectivity index (χ2n) is 9.21. The van der Waals surface area contributed by atoms with Crippen LogP contribution in [0, 0.1) is 0 Å². The van der Waals surface area contributed by atoms with Crippen LogP contribution in [0.15, 0.2) is 30.3 Å². The smallest absolute Gasteiger partial charge is 0.319 e. The van der Waals surface area contributed by atoms with Crippen LogP contribution < -0.4 is 9.64 Å². The molecule has 0 spiro atoms. The van der Waals surface area contributed by atoms with Crippen LogP contribution in [0.1, 0.15) is 19.3 Å². The van der Waals surface area contributed by atoms with Crippen LogP contribution in [-0.2, 0) is 4.74 Å². The number of imidazole rings is 1. The Morgan fingerprint density at radius 2 is 1.89 bits per heavy atom. The van der Waals surface area contributed by atoms with Crippen molar-refractivity contribution in [2.45, 2.75) is 25.4 Å². The summed E-state index contributed by atoms with van der Waals surface area (Å²) in [4.78, 5) is 30.6. The maximum Gasteiger partial charge on any atom is 0.319 e. The number of hydrogen-bond donors (Lipinski definition) is 1. The van der Waals surface area contributed by atoms with Gasteiger partial charge in [0, 0.05) is 57.9 Å². The highest BCUT2D eigenvalue weighted by atomic mass is 35.5. The number of rotatable bonds is 4. The van der Waals surface area contributed by atoms with Crippen LogP contribution in [0.25, 0.3) is 22.4 Å². The molecule has 1 aromatic carbocycles. The molecule has 2 aromatic heterocycles. The van der Waals surface area contributed by atoms with Crippen LogP contribution in [0.5, 0.6) is 6.01 Å². The molecule has 2 amide bonds. The van der Waals surface area contributed by atoms with Crippen molar-refractivity contribution in [2.24, 2.45) is 0 Å². The maximum atomic E-state index is 12.3. The predicted molar refractivity (Wildman–Crippen MR) is 136 cm³/mol. The molecule has 0 aliphatic carbocycles. The van der Waals surface area contributed by atoms with Crippen molar-refractivity contribution in [1.82, 2.24) is 24.8 Å². The molecule has 9 nitrogen and oxygen atoms in total. The molecule has 0 radical (unpaired) electrons. The van der Waals surface area contributed by atoms with Gasteiger partial charge >= 0.3 is 6.03 Å². The van der Waals surface area contributed by atoms with Gasteiger partial charge in [-0.3, -0.25) is 0 Å². The van der Waals surface area contributed by atoms with Crippen LogP contribution in [0.3, 0.4) is 0 Å². The average Bonchev–Trinajstić information content (AvgIpc) is 3.10. The molecular formula is C25H31ClN6O3. The minimum atomic E-state index is -0.0156. The topological polar surface area (TPSA) is 86.8 Å². The number of anilines is 1. The minimum absolute atomic E-state index is 0.0156. The van der Waals surface area contributed by atoms with E-state index in [1.54, 1.807) is 19.0 Å². The Kier molecular flexibility index (Phi) is 6.97. The van der Waals surface area contributed by atoms with Gasteiger partial charge in [0.1, 0.15) is 6.10 Å². The molecule has 1 atom stereocenters. The fraction of sp³-hybridized carbons (Fsp3) is 0.480. The fourth-order valence-corrected chi connectivity index (χ4v) is 4.88. The second-order valence-corrected chi connectivity index (χ2v) is 9.62. The number of urea groups is 1. The molecule has 1 N–H and O–H groups in total. The first-order valence-electron chi connectivity index (χ1n) is 12.1. The van der Waals surface area contributed by atoms with Crippen LogP contribution in [0.4, 0.5) is 10.5 Å². The Balaban J connectivity index is 1.29. The molecule has 0 saturated carbocycles. The van der Waals surface area contributed by atoms with E-state index in [1.807, 2.05) is 23.1 Å². The summed E-state index contributed by atoms with van der Waals surface area (Å²) >= 11 is 6.60. The SMILES string of the molecule is CN(C)C(=O)N1CCCC(Oc2nc3nc(-c4ccc(N5CCOCC5)cc4)c(Cl)cc3[nH]2)CC1. The van der Waals surface area contributed by atoms with E-state index in [4.69, 9.17) is 26.1 Å². The van der Waals surface area contributed by atoms with Crippen molar-refractivity contribution in [3.63, 3.8) is 0 Å². The number of amides is 2. The van der Waals surface area contributed by atoms with E-state index in [9.17, 15) is 4.79 Å². The molecule has 186 valence electrons. The summed E-state index contributed by atoms with van der Waals surface area (Å²) < 4.78 is 11.6. The number of likely N-dealkylation sites (tertiary alicyclic amines) is 1. The van der Waals surface area contributed by atoms with Crippen molar-refractivity contribution in [2.75, 3.05) is 58.4 Å². The van der Waals surface area contributed by atoms with Gasteiger partial charge in [0.05, 0.1) is 29.4 Å². The van der Waals surface area contributed by atoms with Gasteiger partial charge in [-0.15, -0.1) is 0 Å². The number of nitrogens with zero attached hydrogens (tertiary/aromatic N) is 5. The maximum absolute atomic E-state index is 12.3. The summed E-state index contributed by atoms with van der Waals surface area (Å²) in [6, 6.07) is 10.6. The third-order valence-electron chi connectivity index (χ3n) is 6.53. The zero-order valence-corrected chi connectivity index (χ0v) is 20.9. The molecule has 5 rings (SSSR count). The first kappa shape index (κ1) is 23.7. The third kappa shape index (κ3) is 5.31. The summed E-state index contributed by atoms with van der Waals surface area (Å²) in [5, 5.41) is 0.555. The molecule has 0 bridgehead atoms. The van der Waals surface area contributed by atoms with Gasteiger partial charge in [-0.05, 0) is 31.0 Å². The molecule has 2 fully saturated rings. The number of nitrogens with one attached hydrogen (secondary N) is 1. The third-order valence-corrected chi connectivity index (χ3v) is 6.82. The lowest BCUT2D eigenvalue weighted by Crippen LogP contribution is -2.40. The van der Waals surface area contributed by atoms with E-state index in [0.29, 0.717) is 28.9 Å². The van der Waals surface area contributed by atoms with Crippen molar-refractivity contribution >= 4 is 34.5 Å². The summed E-state index contributed by atoms with van der Waals surface area (Å²) in [6.45, 7) is 4.69. The monoisotopic (exact) mass is 498 g/mol. The number of fused-ring (bicyclic) bond motifs is 1. The van der Waals surface area contributed by atoms with E-state index >= 15 is 0 Å². The van der Waals surface area contributed by atoms with Crippen molar-refractivity contribution in [1.29, 1.82) is 0 Å². The van der Waals surface area contributed by atoms with Crippen LogP contribution >= 0.6 is 11.6 Å². The number of pyridine rings is 1. The number of halogens is 1. The standard InChI is InChI=1S/C25H31ClN6O3/c1-30(2)25(33)32-10-3-4-19(9-11-32)35-24-27-21-16-20(26)22(28-23(21)29-24)17-5-7-18(8-6-17)31-12-14-34-15-13-31/h5-8,16,19H,3-4,9-15H2,1-2H3,(H,27,28,29). The molecule has 2 aliphatic heterocycles. The lowest BCUT2D eigenvalue weighted by molar-refractivity contribution is 0.122. The quantitative estimate of drug-likeness (QED) is 0.584. The zero-order chi connectivity index (χ0) is 24.4. The molecule has 3 aromatic rings. The van der Waals surface area contributed by atoms with Crippen molar-refractivity contribution in [3.8, 4) is 17.3 Å². The number of aromatic nitrogens is 3. The van der Waals surface area contributed by atoms with E-state index in [2.05, 4.69) is 27.0 Å². The van der Waals surface area contributed by atoms with Gasteiger partial charge in [-0.2, -0.15) is 4.98 Å². The van der Waals surface area contributed by atoms with Gasteiger partial charge in [0.2, 0.25) is 0 Å².